The van der Waals surface area contributed by atoms with E-state index in [1.165, 1.54) is 6.21 Å². The van der Waals surface area contributed by atoms with Crippen molar-refractivity contribution in [2.24, 2.45) is 5.10 Å². The van der Waals surface area contributed by atoms with Crippen LogP contribution in [0.5, 0.6) is 0 Å². The Labute approximate surface area is 118 Å². The lowest BCUT2D eigenvalue weighted by molar-refractivity contribution is 0.584. The number of aromatic nitrogens is 1. The van der Waals surface area contributed by atoms with Gasteiger partial charge in [-0.25, -0.2) is 4.83 Å². The molecule has 1 aromatic heterocycles. The van der Waals surface area contributed by atoms with Crippen molar-refractivity contribution in [2.45, 2.75) is 18.7 Å². The van der Waals surface area contributed by atoms with Gasteiger partial charge in [0.15, 0.2) is 0 Å². The second-order valence-electron chi connectivity index (χ2n) is 4.41. The molecule has 6 heteroatoms. The number of hydrogen-bond donors (Lipinski definition) is 1. The van der Waals surface area contributed by atoms with Crippen LogP contribution in [0.25, 0.3) is 0 Å². The molecule has 0 amide bonds. The minimum Gasteiger partial charge on any atom is -0.264 e. The summed E-state index contributed by atoms with van der Waals surface area (Å²) in [6.45, 7) is 3.59. The maximum atomic E-state index is 12.2. The number of nitrogens with zero attached hydrogens (tertiary/aromatic N) is 2. The first-order valence-electron chi connectivity index (χ1n) is 6.01. The molecular formula is C14H15N3O2S. The molecule has 0 aliphatic rings. The molecule has 20 heavy (non-hydrogen) atoms. The van der Waals surface area contributed by atoms with Gasteiger partial charge >= 0.3 is 0 Å². The molecule has 0 atom stereocenters. The van der Waals surface area contributed by atoms with Crippen molar-refractivity contribution in [1.82, 2.24) is 9.82 Å². The first-order valence-corrected chi connectivity index (χ1v) is 7.49. The molecule has 0 bridgehead atoms. The standard InChI is InChI=1S/C14H15N3O2S/c1-11-5-6-12(2)14(8-11)20(18,19)17-16-10-13-4-3-7-15-9-13/h3-10,17H,1-2H3/b16-10-. The quantitative estimate of drug-likeness (QED) is 0.691. The molecule has 2 rings (SSSR count). The van der Waals surface area contributed by atoms with Crippen LogP contribution in [0.3, 0.4) is 0 Å². The van der Waals surface area contributed by atoms with Crippen LogP contribution in [0.2, 0.25) is 0 Å². The number of benzene rings is 1. The Kier molecular flexibility index (Phi) is 4.14. The number of pyridine rings is 1. The van der Waals surface area contributed by atoms with Crippen molar-refractivity contribution in [3.8, 4) is 0 Å². The fourth-order valence-electron chi connectivity index (χ4n) is 1.67. The van der Waals surface area contributed by atoms with Gasteiger partial charge in [0, 0.05) is 18.0 Å². The van der Waals surface area contributed by atoms with Gasteiger partial charge < -0.3 is 0 Å². The molecule has 2 aromatic rings. The summed E-state index contributed by atoms with van der Waals surface area (Å²) in [5.41, 5.74) is 2.28. The highest BCUT2D eigenvalue weighted by atomic mass is 32.2. The third kappa shape index (κ3) is 3.42. The second-order valence-corrected chi connectivity index (χ2v) is 6.04. The van der Waals surface area contributed by atoms with Crippen molar-refractivity contribution in [3.05, 3.63) is 59.4 Å². The summed E-state index contributed by atoms with van der Waals surface area (Å²) in [5, 5.41) is 3.76. The van der Waals surface area contributed by atoms with Gasteiger partial charge in [0.1, 0.15) is 0 Å². The van der Waals surface area contributed by atoms with Gasteiger partial charge in [0.2, 0.25) is 0 Å². The van der Waals surface area contributed by atoms with Gasteiger partial charge in [0.25, 0.3) is 10.0 Å². The van der Waals surface area contributed by atoms with E-state index in [4.69, 9.17) is 0 Å². The van der Waals surface area contributed by atoms with Crippen LogP contribution < -0.4 is 4.83 Å². The molecule has 0 saturated carbocycles. The first-order chi connectivity index (χ1) is 9.49. The molecule has 1 aromatic carbocycles. The van der Waals surface area contributed by atoms with Crippen molar-refractivity contribution in [3.63, 3.8) is 0 Å². The second kappa shape index (κ2) is 5.83. The van der Waals surface area contributed by atoms with E-state index in [-0.39, 0.29) is 4.90 Å². The van der Waals surface area contributed by atoms with E-state index in [0.29, 0.717) is 5.56 Å². The van der Waals surface area contributed by atoms with Gasteiger partial charge in [-0.1, -0.05) is 18.2 Å². The van der Waals surface area contributed by atoms with Crippen LogP contribution >= 0.6 is 0 Å². The van der Waals surface area contributed by atoms with Gasteiger partial charge in [-0.15, -0.1) is 0 Å². The number of rotatable bonds is 4. The Hall–Kier alpha value is -2.21. The van der Waals surface area contributed by atoms with E-state index in [0.717, 1.165) is 11.1 Å². The molecular weight excluding hydrogens is 274 g/mol. The third-order valence-corrected chi connectivity index (χ3v) is 4.07. The van der Waals surface area contributed by atoms with E-state index in [2.05, 4.69) is 14.9 Å². The van der Waals surface area contributed by atoms with Crippen LogP contribution in [-0.4, -0.2) is 19.6 Å². The molecule has 0 radical (unpaired) electrons. The summed E-state index contributed by atoms with van der Waals surface area (Å²) >= 11 is 0. The fraction of sp³-hybridized carbons (Fsp3) is 0.143. The molecule has 0 unspecified atom stereocenters. The highest BCUT2D eigenvalue weighted by Crippen LogP contribution is 2.16. The normalized spacial score (nSPS) is 11.7. The average molecular weight is 289 g/mol. The molecule has 0 aliphatic heterocycles. The minimum atomic E-state index is -3.65. The Morgan fingerprint density at radius 2 is 2.05 bits per heavy atom. The van der Waals surface area contributed by atoms with Crippen molar-refractivity contribution in [1.29, 1.82) is 0 Å². The van der Waals surface area contributed by atoms with Crippen molar-refractivity contribution in [2.75, 3.05) is 0 Å². The zero-order valence-electron chi connectivity index (χ0n) is 11.2. The minimum absolute atomic E-state index is 0.237. The predicted octanol–water partition coefficient (Wildman–Crippen LogP) is 2.01. The Balaban J connectivity index is 2.20. The highest BCUT2D eigenvalue weighted by Gasteiger charge is 2.15. The van der Waals surface area contributed by atoms with Crippen LogP contribution in [0, 0.1) is 13.8 Å². The van der Waals surface area contributed by atoms with Crippen molar-refractivity contribution < 1.29 is 8.42 Å². The van der Waals surface area contributed by atoms with Gasteiger partial charge in [0.05, 0.1) is 11.1 Å². The Bertz CT molecular complexity index is 725. The van der Waals surface area contributed by atoms with Crippen LogP contribution in [0.15, 0.2) is 52.7 Å². The SMILES string of the molecule is Cc1ccc(C)c(S(=O)(=O)N/N=C\c2cccnc2)c1. The lowest BCUT2D eigenvalue weighted by atomic mass is 10.2. The first kappa shape index (κ1) is 14.2. The molecule has 0 fully saturated rings. The molecule has 1 heterocycles. The van der Waals surface area contributed by atoms with Gasteiger partial charge in [-0.2, -0.15) is 13.5 Å². The molecule has 104 valence electrons. The monoisotopic (exact) mass is 289 g/mol. The summed E-state index contributed by atoms with van der Waals surface area (Å²) in [7, 11) is -3.65. The Morgan fingerprint density at radius 1 is 1.25 bits per heavy atom. The van der Waals surface area contributed by atoms with E-state index in [9.17, 15) is 8.42 Å². The van der Waals surface area contributed by atoms with E-state index in [1.807, 2.05) is 13.0 Å². The van der Waals surface area contributed by atoms with Gasteiger partial charge in [-0.3, -0.25) is 4.98 Å². The lowest BCUT2D eigenvalue weighted by Gasteiger charge is -2.07. The summed E-state index contributed by atoms with van der Waals surface area (Å²) < 4.78 is 24.3. The summed E-state index contributed by atoms with van der Waals surface area (Å²) in [5.74, 6) is 0. The van der Waals surface area contributed by atoms with E-state index >= 15 is 0 Å². The fourth-order valence-corrected chi connectivity index (χ4v) is 2.79. The molecule has 0 saturated heterocycles. The number of aryl methyl sites for hydroxylation is 2. The highest BCUT2D eigenvalue weighted by molar-refractivity contribution is 7.89. The number of nitrogens with one attached hydrogen (secondary N) is 1. The third-order valence-electron chi connectivity index (χ3n) is 2.70. The summed E-state index contributed by atoms with van der Waals surface area (Å²) in [6, 6.07) is 8.79. The molecule has 1 N–H and O–H groups in total. The maximum absolute atomic E-state index is 12.2. The Morgan fingerprint density at radius 3 is 2.75 bits per heavy atom. The summed E-state index contributed by atoms with van der Waals surface area (Å²) in [6.07, 6.45) is 4.64. The number of hydrogen-bond acceptors (Lipinski definition) is 4. The average Bonchev–Trinajstić information content (AvgIpc) is 2.42. The topological polar surface area (TPSA) is 71.4 Å². The molecule has 0 aliphatic carbocycles. The smallest absolute Gasteiger partial charge is 0.264 e. The molecule has 5 nitrogen and oxygen atoms in total. The van der Waals surface area contributed by atoms with Gasteiger partial charge in [-0.05, 0) is 37.1 Å². The van der Waals surface area contributed by atoms with E-state index in [1.54, 1.807) is 43.6 Å². The maximum Gasteiger partial charge on any atom is 0.276 e. The van der Waals surface area contributed by atoms with Crippen LogP contribution in [0.4, 0.5) is 0 Å². The zero-order chi connectivity index (χ0) is 14.6. The van der Waals surface area contributed by atoms with Crippen LogP contribution in [0.1, 0.15) is 16.7 Å². The van der Waals surface area contributed by atoms with Crippen molar-refractivity contribution >= 4 is 16.2 Å². The predicted molar refractivity (Wildman–Crippen MR) is 78.1 cm³/mol. The largest absolute Gasteiger partial charge is 0.276 e. The summed E-state index contributed by atoms with van der Waals surface area (Å²) in [4.78, 5) is 6.36. The molecule has 0 spiro atoms. The van der Waals surface area contributed by atoms with E-state index < -0.39 is 10.0 Å². The number of hydrazone groups is 1. The number of sulfonamides is 1. The van der Waals surface area contributed by atoms with Crippen LogP contribution in [-0.2, 0) is 10.0 Å². The zero-order valence-corrected chi connectivity index (χ0v) is 12.1. The lowest BCUT2D eigenvalue weighted by Crippen LogP contribution is -2.19.